The van der Waals surface area contributed by atoms with Crippen molar-refractivity contribution < 1.29 is 28.5 Å². The lowest BCUT2D eigenvalue weighted by atomic mass is 9.93. The molecule has 6 heteroatoms. The molecule has 0 aromatic heterocycles. The van der Waals surface area contributed by atoms with Crippen LogP contribution < -0.4 is 9.47 Å². The molecule has 0 radical (unpaired) electrons. The van der Waals surface area contributed by atoms with Gasteiger partial charge >= 0.3 is 11.9 Å². The number of unbranched alkanes of at least 4 members (excludes halogenated alkanes) is 8. The zero-order valence-corrected chi connectivity index (χ0v) is 26.2. The van der Waals surface area contributed by atoms with E-state index >= 15 is 0 Å². The number of aryl methyl sites for hydroxylation is 2. The molecular weight excluding hydrogens is 528 g/mol. The first-order chi connectivity index (χ1) is 20.5. The summed E-state index contributed by atoms with van der Waals surface area (Å²) in [5.41, 5.74) is 2.43. The molecule has 0 aliphatic heterocycles. The maximum Gasteiger partial charge on any atom is 0.344 e. The summed E-state index contributed by atoms with van der Waals surface area (Å²) in [6.07, 6.45) is 12.7. The van der Waals surface area contributed by atoms with Crippen molar-refractivity contribution in [2.75, 3.05) is 26.4 Å². The van der Waals surface area contributed by atoms with Gasteiger partial charge in [-0.1, -0.05) is 103 Å². The number of fused-ring (bicyclic) bond motifs is 2. The van der Waals surface area contributed by atoms with Crippen molar-refractivity contribution in [2.45, 2.75) is 105 Å². The summed E-state index contributed by atoms with van der Waals surface area (Å²) >= 11 is 0. The number of esters is 2. The normalized spacial score (nSPS) is 11.1. The Labute approximate surface area is 252 Å². The van der Waals surface area contributed by atoms with Gasteiger partial charge in [-0.2, -0.15) is 0 Å². The standard InChI is InChI=1S/C36H50O6/c1-5-9-11-13-17-21-39-33(37)25-41-35-29-19-15-16-20-30(29)36(32-24-28(8-4)27(7-3)23-31(32)35)42-26-34(38)40-22-18-14-12-10-6-2/h15-16,19-20,23-24H,5-14,17-18,21-22,25-26H2,1-4H3. The Bertz CT molecular complexity index is 1180. The van der Waals surface area contributed by atoms with Crippen molar-refractivity contribution in [3.8, 4) is 11.5 Å². The third-order valence-corrected chi connectivity index (χ3v) is 7.70. The number of rotatable bonds is 20. The van der Waals surface area contributed by atoms with Crippen molar-refractivity contribution in [3.05, 3.63) is 47.5 Å². The second kappa shape index (κ2) is 18.3. The maximum atomic E-state index is 12.6. The van der Waals surface area contributed by atoms with Crippen LogP contribution in [0.5, 0.6) is 11.5 Å². The van der Waals surface area contributed by atoms with Crippen LogP contribution in [0.25, 0.3) is 21.5 Å². The molecule has 0 aliphatic carbocycles. The van der Waals surface area contributed by atoms with Gasteiger partial charge in [0.2, 0.25) is 0 Å². The molecule has 3 aromatic carbocycles. The van der Waals surface area contributed by atoms with Crippen LogP contribution in [0.1, 0.15) is 103 Å². The molecule has 0 amide bonds. The fourth-order valence-corrected chi connectivity index (χ4v) is 5.33. The van der Waals surface area contributed by atoms with E-state index in [1.54, 1.807) is 0 Å². The first-order valence-electron chi connectivity index (χ1n) is 16.1. The minimum Gasteiger partial charge on any atom is -0.481 e. The fraction of sp³-hybridized carbons (Fsp3) is 0.556. The number of carbonyl (C=O) groups is 2. The van der Waals surface area contributed by atoms with Crippen LogP contribution in [0.4, 0.5) is 0 Å². The fourth-order valence-electron chi connectivity index (χ4n) is 5.33. The maximum absolute atomic E-state index is 12.6. The van der Waals surface area contributed by atoms with Gasteiger partial charge in [-0.3, -0.25) is 0 Å². The average Bonchev–Trinajstić information content (AvgIpc) is 3.01. The lowest BCUT2D eigenvalue weighted by Gasteiger charge is -2.19. The second-order valence-corrected chi connectivity index (χ2v) is 10.9. The molecule has 0 atom stereocenters. The SMILES string of the molecule is CCCCCCCOC(=O)COc1c2ccccc2c(OCC(=O)OCCCCCCC)c2cc(CC)c(CC)cc12. The lowest BCUT2D eigenvalue weighted by Crippen LogP contribution is -2.17. The Morgan fingerprint density at radius 2 is 0.952 bits per heavy atom. The summed E-state index contributed by atoms with van der Waals surface area (Å²) in [6.45, 7) is 9.11. The smallest absolute Gasteiger partial charge is 0.344 e. The van der Waals surface area contributed by atoms with E-state index in [1.165, 1.54) is 36.8 Å². The van der Waals surface area contributed by atoms with Crippen molar-refractivity contribution in [1.82, 2.24) is 0 Å². The van der Waals surface area contributed by atoms with Crippen molar-refractivity contribution in [3.63, 3.8) is 0 Å². The summed E-state index contributed by atoms with van der Waals surface area (Å²) in [4.78, 5) is 25.2. The number of carbonyl (C=O) groups excluding carboxylic acids is 2. The van der Waals surface area contributed by atoms with E-state index < -0.39 is 0 Å². The predicted molar refractivity (Wildman–Crippen MR) is 171 cm³/mol. The summed E-state index contributed by atoms with van der Waals surface area (Å²) in [7, 11) is 0. The van der Waals surface area contributed by atoms with Crippen LogP contribution in [0.3, 0.4) is 0 Å². The predicted octanol–water partition coefficient (Wildman–Crippen LogP) is 8.90. The molecular formula is C36H50O6. The largest absolute Gasteiger partial charge is 0.481 e. The van der Waals surface area contributed by atoms with Gasteiger partial charge in [-0.15, -0.1) is 0 Å². The lowest BCUT2D eigenvalue weighted by molar-refractivity contribution is -0.147. The first-order valence-corrected chi connectivity index (χ1v) is 16.1. The van der Waals surface area contributed by atoms with Gasteiger partial charge in [0.1, 0.15) is 11.5 Å². The van der Waals surface area contributed by atoms with E-state index in [0.29, 0.717) is 24.7 Å². The van der Waals surface area contributed by atoms with E-state index in [2.05, 4.69) is 39.8 Å². The topological polar surface area (TPSA) is 71.1 Å². The molecule has 0 aliphatic rings. The zero-order chi connectivity index (χ0) is 30.2. The minimum absolute atomic E-state index is 0.171. The Morgan fingerprint density at radius 1 is 0.548 bits per heavy atom. The zero-order valence-electron chi connectivity index (χ0n) is 26.2. The molecule has 0 saturated carbocycles. The highest BCUT2D eigenvalue weighted by Gasteiger charge is 2.20. The highest BCUT2D eigenvalue weighted by atomic mass is 16.6. The minimum atomic E-state index is -0.374. The summed E-state index contributed by atoms with van der Waals surface area (Å²) < 4.78 is 23.3. The van der Waals surface area contributed by atoms with Crippen LogP contribution in [0.15, 0.2) is 36.4 Å². The Kier molecular flexibility index (Phi) is 14.5. The third-order valence-electron chi connectivity index (χ3n) is 7.70. The summed E-state index contributed by atoms with van der Waals surface area (Å²) in [6, 6.07) is 12.1. The molecule has 42 heavy (non-hydrogen) atoms. The molecule has 3 rings (SSSR count). The van der Waals surface area contributed by atoms with Crippen molar-refractivity contribution in [1.29, 1.82) is 0 Å². The Hall–Kier alpha value is -3.28. The molecule has 0 spiro atoms. The van der Waals surface area contributed by atoms with Gasteiger partial charge in [0.25, 0.3) is 0 Å². The van der Waals surface area contributed by atoms with Crippen LogP contribution in [0.2, 0.25) is 0 Å². The molecule has 0 fully saturated rings. The van der Waals surface area contributed by atoms with Crippen LogP contribution in [-0.2, 0) is 31.9 Å². The van der Waals surface area contributed by atoms with E-state index in [1.807, 2.05) is 24.3 Å². The number of hydrogen-bond acceptors (Lipinski definition) is 6. The average molecular weight is 579 g/mol. The van der Waals surface area contributed by atoms with E-state index in [4.69, 9.17) is 18.9 Å². The monoisotopic (exact) mass is 578 g/mol. The molecule has 0 N–H and O–H groups in total. The van der Waals surface area contributed by atoms with E-state index in [0.717, 1.165) is 72.9 Å². The van der Waals surface area contributed by atoms with E-state index in [-0.39, 0.29) is 25.2 Å². The van der Waals surface area contributed by atoms with Crippen LogP contribution >= 0.6 is 0 Å². The first kappa shape index (κ1) is 33.2. The molecule has 0 heterocycles. The van der Waals surface area contributed by atoms with Crippen LogP contribution in [-0.4, -0.2) is 38.4 Å². The third kappa shape index (κ3) is 9.64. The highest BCUT2D eigenvalue weighted by Crippen LogP contribution is 2.44. The quantitative estimate of drug-likeness (QED) is 0.0757. The van der Waals surface area contributed by atoms with E-state index in [9.17, 15) is 9.59 Å². The highest BCUT2D eigenvalue weighted by molar-refractivity contribution is 6.11. The Morgan fingerprint density at radius 3 is 1.33 bits per heavy atom. The summed E-state index contributed by atoms with van der Waals surface area (Å²) in [5.74, 6) is 0.502. The van der Waals surface area contributed by atoms with Gasteiger partial charge in [0.05, 0.1) is 13.2 Å². The molecule has 0 unspecified atom stereocenters. The summed E-state index contributed by atoms with van der Waals surface area (Å²) in [5, 5.41) is 3.36. The van der Waals surface area contributed by atoms with Crippen LogP contribution in [0, 0.1) is 0 Å². The number of ether oxygens (including phenoxy) is 4. The van der Waals surface area contributed by atoms with Gasteiger partial charge in [-0.05, 0) is 48.9 Å². The van der Waals surface area contributed by atoms with Gasteiger partial charge in [-0.25, -0.2) is 9.59 Å². The second-order valence-electron chi connectivity index (χ2n) is 10.9. The van der Waals surface area contributed by atoms with Gasteiger partial charge < -0.3 is 18.9 Å². The molecule has 230 valence electrons. The van der Waals surface area contributed by atoms with Crippen molar-refractivity contribution in [2.24, 2.45) is 0 Å². The van der Waals surface area contributed by atoms with Crippen molar-refractivity contribution >= 4 is 33.5 Å². The molecule has 0 bridgehead atoms. The van der Waals surface area contributed by atoms with Gasteiger partial charge in [0.15, 0.2) is 13.2 Å². The molecule has 3 aromatic rings. The number of hydrogen-bond donors (Lipinski definition) is 0. The Balaban J connectivity index is 1.83. The molecule has 0 saturated heterocycles. The van der Waals surface area contributed by atoms with Gasteiger partial charge in [0, 0.05) is 21.5 Å². The molecule has 6 nitrogen and oxygen atoms in total. The number of benzene rings is 3.